The molecule has 0 bridgehead atoms. The Bertz CT molecular complexity index is 823. The number of amides is 1. The van der Waals surface area contributed by atoms with Crippen LogP contribution in [0.3, 0.4) is 0 Å². The molecule has 0 aliphatic heterocycles. The number of benzene rings is 1. The summed E-state index contributed by atoms with van der Waals surface area (Å²) < 4.78 is 31.4. The van der Waals surface area contributed by atoms with Crippen molar-refractivity contribution in [1.29, 1.82) is 0 Å². The number of sulfonamides is 1. The van der Waals surface area contributed by atoms with Crippen molar-refractivity contribution < 1.29 is 22.7 Å². The highest BCUT2D eigenvalue weighted by atomic mass is 32.2. The summed E-state index contributed by atoms with van der Waals surface area (Å²) in [7, 11) is -2.09. The lowest BCUT2D eigenvalue weighted by Crippen LogP contribution is -2.40. The van der Waals surface area contributed by atoms with Gasteiger partial charge in [0.2, 0.25) is 10.0 Å². The molecule has 1 fully saturated rings. The topological polar surface area (TPSA) is 92.8 Å². The fraction of sp³-hybridized carbons (Fsp3) is 0.474. The maximum absolute atomic E-state index is 12.2. The lowest BCUT2D eigenvalue weighted by atomic mass is 9.94. The number of hydrogen-bond acceptors (Lipinski definition) is 5. The summed E-state index contributed by atoms with van der Waals surface area (Å²) in [5.74, 6) is 1.15. The molecule has 27 heavy (non-hydrogen) atoms. The summed E-state index contributed by atoms with van der Waals surface area (Å²) in [6.45, 7) is -0.531. The number of hydrogen-bond donors (Lipinski definition) is 1. The van der Waals surface area contributed by atoms with Crippen LogP contribution in [0.5, 0.6) is 0 Å². The third-order valence-corrected chi connectivity index (χ3v) is 5.99. The van der Waals surface area contributed by atoms with Crippen LogP contribution in [0.1, 0.15) is 42.5 Å². The molecule has 1 amide bonds. The zero-order valence-electron chi connectivity index (χ0n) is 15.3. The molecule has 0 atom stereocenters. The number of nitrogens with zero attached hydrogens (tertiary/aromatic N) is 1. The Hall–Kier alpha value is -2.37. The number of ether oxygens (including phenoxy) is 1. The van der Waals surface area contributed by atoms with Gasteiger partial charge in [-0.2, -0.15) is 4.72 Å². The largest absolute Gasteiger partial charge is 0.452 e. The van der Waals surface area contributed by atoms with Gasteiger partial charge in [0.25, 0.3) is 5.91 Å². The van der Waals surface area contributed by atoms with Gasteiger partial charge in [0.05, 0.1) is 17.0 Å². The highest BCUT2D eigenvalue weighted by molar-refractivity contribution is 7.89. The first-order chi connectivity index (χ1) is 12.8. The molecule has 1 aromatic rings. The predicted molar refractivity (Wildman–Crippen MR) is 100 cm³/mol. The Morgan fingerprint density at radius 3 is 2.67 bits per heavy atom. The summed E-state index contributed by atoms with van der Waals surface area (Å²) in [5.41, 5.74) is 0.0479. The van der Waals surface area contributed by atoms with Crippen molar-refractivity contribution in [3.8, 4) is 12.3 Å². The van der Waals surface area contributed by atoms with Gasteiger partial charge in [0.1, 0.15) is 0 Å². The van der Waals surface area contributed by atoms with Crippen molar-refractivity contribution in [3.05, 3.63) is 29.8 Å². The molecule has 0 unspecified atom stereocenters. The molecule has 1 aliphatic rings. The standard InChI is InChI=1S/C19H24N2O5S/c1-3-12-20-27(24,25)17-11-7-8-15(13-17)19(23)26-14-18(22)21(2)16-9-5-4-6-10-16/h1,7-8,11,13,16,20H,4-6,9-10,12,14H2,2H3. The van der Waals surface area contributed by atoms with Crippen LogP contribution in [-0.4, -0.2) is 51.4 Å². The maximum atomic E-state index is 12.2. The lowest BCUT2D eigenvalue weighted by Gasteiger charge is -2.31. The number of carbonyl (C=O) groups excluding carboxylic acids is 2. The van der Waals surface area contributed by atoms with Crippen LogP contribution in [-0.2, 0) is 19.6 Å². The van der Waals surface area contributed by atoms with Crippen LogP contribution in [0.4, 0.5) is 0 Å². The second kappa shape index (κ2) is 9.53. The van der Waals surface area contributed by atoms with E-state index in [1.165, 1.54) is 30.7 Å². The van der Waals surface area contributed by atoms with Gasteiger partial charge >= 0.3 is 5.97 Å². The van der Waals surface area contributed by atoms with Crippen LogP contribution in [0.15, 0.2) is 29.2 Å². The van der Waals surface area contributed by atoms with E-state index in [-0.39, 0.29) is 35.6 Å². The average molecular weight is 392 g/mol. The molecule has 0 heterocycles. The molecule has 0 aromatic heterocycles. The number of rotatable bonds is 7. The Morgan fingerprint density at radius 1 is 1.30 bits per heavy atom. The van der Waals surface area contributed by atoms with Crippen molar-refractivity contribution in [1.82, 2.24) is 9.62 Å². The smallest absolute Gasteiger partial charge is 0.338 e. The normalized spacial score (nSPS) is 15.0. The van der Waals surface area contributed by atoms with Gasteiger partial charge in [0, 0.05) is 13.1 Å². The summed E-state index contributed by atoms with van der Waals surface area (Å²) in [5, 5.41) is 0. The summed E-state index contributed by atoms with van der Waals surface area (Å²) in [6.07, 6.45) is 10.3. The van der Waals surface area contributed by atoms with Crippen molar-refractivity contribution in [3.63, 3.8) is 0 Å². The Balaban J connectivity index is 1.97. The molecular weight excluding hydrogens is 368 g/mol. The minimum Gasteiger partial charge on any atom is -0.452 e. The quantitative estimate of drug-likeness (QED) is 0.561. The number of carbonyl (C=O) groups is 2. The van der Waals surface area contributed by atoms with Gasteiger partial charge in [-0.05, 0) is 31.0 Å². The van der Waals surface area contributed by atoms with E-state index in [2.05, 4.69) is 10.6 Å². The van der Waals surface area contributed by atoms with Gasteiger partial charge in [-0.15, -0.1) is 6.42 Å². The first kappa shape index (κ1) is 20.9. The second-order valence-corrected chi connectivity index (χ2v) is 8.20. The fourth-order valence-corrected chi connectivity index (χ4v) is 3.97. The van der Waals surface area contributed by atoms with Crippen LogP contribution < -0.4 is 4.72 Å². The molecule has 0 radical (unpaired) electrons. The third kappa shape index (κ3) is 5.81. The Labute approximate surface area is 160 Å². The average Bonchev–Trinajstić information content (AvgIpc) is 2.70. The van der Waals surface area contributed by atoms with E-state index >= 15 is 0 Å². The van der Waals surface area contributed by atoms with Crippen molar-refractivity contribution in [2.45, 2.75) is 43.0 Å². The van der Waals surface area contributed by atoms with E-state index in [1.54, 1.807) is 11.9 Å². The zero-order valence-corrected chi connectivity index (χ0v) is 16.1. The van der Waals surface area contributed by atoms with E-state index in [4.69, 9.17) is 11.2 Å². The molecule has 0 spiro atoms. The molecular formula is C19H24N2O5S. The van der Waals surface area contributed by atoms with Gasteiger partial charge < -0.3 is 9.64 Å². The Kier molecular flexibility index (Phi) is 7.39. The molecule has 7 nitrogen and oxygen atoms in total. The number of likely N-dealkylation sites (N-methyl/N-ethyl adjacent to an activating group) is 1. The van der Waals surface area contributed by atoms with E-state index in [1.807, 2.05) is 0 Å². The SMILES string of the molecule is C#CCNS(=O)(=O)c1cccc(C(=O)OCC(=O)N(C)C2CCCCC2)c1. The highest BCUT2D eigenvalue weighted by Gasteiger charge is 2.23. The molecule has 1 aromatic carbocycles. The summed E-state index contributed by atoms with van der Waals surface area (Å²) >= 11 is 0. The van der Waals surface area contributed by atoms with Crippen LogP contribution in [0.2, 0.25) is 0 Å². The molecule has 146 valence electrons. The zero-order chi connectivity index (χ0) is 19.9. The van der Waals surface area contributed by atoms with Gasteiger partial charge in [0.15, 0.2) is 6.61 Å². The van der Waals surface area contributed by atoms with Gasteiger partial charge in [-0.1, -0.05) is 31.2 Å². The molecule has 2 rings (SSSR count). The van der Waals surface area contributed by atoms with E-state index in [0.717, 1.165) is 25.7 Å². The molecule has 0 saturated heterocycles. The number of esters is 1. The minimum absolute atomic E-state index is 0.0479. The fourth-order valence-electron chi connectivity index (χ4n) is 2.99. The van der Waals surface area contributed by atoms with Crippen molar-refractivity contribution in [2.24, 2.45) is 0 Å². The van der Waals surface area contributed by atoms with Gasteiger partial charge in [-0.25, -0.2) is 13.2 Å². The maximum Gasteiger partial charge on any atom is 0.338 e. The summed E-state index contributed by atoms with van der Waals surface area (Å²) in [4.78, 5) is 26.0. The first-order valence-corrected chi connectivity index (χ1v) is 10.3. The minimum atomic E-state index is -3.81. The molecule has 1 N–H and O–H groups in total. The monoisotopic (exact) mass is 392 g/mol. The van der Waals surface area contributed by atoms with Crippen LogP contribution in [0.25, 0.3) is 0 Å². The third-order valence-electron chi connectivity index (χ3n) is 4.59. The van der Waals surface area contributed by atoms with Crippen LogP contribution >= 0.6 is 0 Å². The van der Waals surface area contributed by atoms with Crippen molar-refractivity contribution in [2.75, 3.05) is 20.2 Å². The number of terminal acetylenes is 1. The second-order valence-electron chi connectivity index (χ2n) is 6.43. The summed E-state index contributed by atoms with van der Waals surface area (Å²) in [6, 6.07) is 5.57. The van der Waals surface area contributed by atoms with E-state index in [9.17, 15) is 18.0 Å². The van der Waals surface area contributed by atoms with E-state index in [0.29, 0.717) is 0 Å². The molecule has 8 heteroatoms. The number of nitrogens with one attached hydrogen (secondary N) is 1. The molecule has 1 saturated carbocycles. The van der Waals surface area contributed by atoms with E-state index < -0.39 is 16.0 Å². The van der Waals surface area contributed by atoms with Gasteiger partial charge in [-0.3, -0.25) is 4.79 Å². The highest BCUT2D eigenvalue weighted by Crippen LogP contribution is 2.21. The lowest BCUT2D eigenvalue weighted by molar-refractivity contribution is -0.135. The van der Waals surface area contributed by atoms with Crippen LogP contribution in [0, 0.1) is 12.3 Å². The Morgan fingerprint density at radius 2 is 2.00 bits per heavy atom. The molecule has 1 aliphatic carbocycles. The van der Waals surface area contributed by atoms with Crippen molar-refractivity contribution >= 4 is 21.9 Å². The predicted octanol–water partition coefficient (Wildman–Crippen LogP) is 1.55. The first-order valence-electron chi connectivity index (χ1n) is 8.81.